The van der Waals surface area contributed by atoms with Gasteiger partial charge in [0, 0.05) is 5.56 Å². The second kappa shape index (κ2) is 4.23. The van der Waals surface area contributed by atoms with Crippen molar-refractivity contribution in [3.8, 4) is 0 Å². The molecule has 0 atom stereocenters. The van der Waals surface area contributed by atoms with Gasteiger partial charge in [0.05, 0.1) is 11.3 Å². The van der Waals surface area contributed by atoms with Gasteiger partial charge in [-0.2, -0.15) is 0 Å². The zero-order valence-corrected chi connectivity index (χ0v) is 7.68. The van der Waals surface area contributed by atoms with Crippen molar-refractivity contribution in [1.29, 1.82) is 0 Å². The van der Waals surface area contributed by atoms with Crippen molar-refractivity contribution in [2.24, 2.45) is 16.5 Å². The predicted octanol–water partition coefficient (Wildman–Crippen LogP) is 0.102. The second-order valence-corrected chi connectivity index (χ2v) is 2.73. The van der Waals surface area contributed by atoms with Crippen molar-refractivity contribution in [3.05, 3.63) is 29.3 Å². The number of carboxylic acid groups (broad SMARTS) is 1. The van der Waals surface area contributed by atoms with E-state index in [4.69, 9.17) is 16.6 Å². The number of aliphatic imine (C=N–C) groups is 1. The van der Waals surface area contributed by atoms with Gasteiger partial charge in [0.15, 0.2) is 12.2 Å². The number of carbonyl (C=O) groups excluding carboxylic acids is 1. The van der Waals surface area contributed by atoms with Crippen LogP contribution in [0.5, 0.6) is 0 Å². The lowest BCUT2D eigenvalue weighted by molar-refractivity contribution is 0.0697. The summed E-state index contributed by atoms with van der Waals surface area (Å²) < 4.78 is 0. The highest BCUT2D eigenvalue weighted by Crippen LogP contribution is 2.18. The molecular weight excluding hydrogens is 198 g/mol. The molecule has 5 N–H and O–H groups in total. The molecule has 0 saturated carbocycles. The van der Waals surface area contributed by atoms with E-state index in [-0.39, 0.29) is 22.8 Å². The van der Waals surface area contributed by atoms with Gasteiger partial charge in [-0.25, -0.2) is 9.79 Å². The van der Waals surface area contributed by atoms with Gasteiger partial charge in [0.1, 0.15) is 0 Å². The molecule has 0 heterocycles. The molecule has 0 aliphatic heterocycles. The number of nitrogens with two attached hydrogens (primary N) is 2. The average Bonchev–Trinajstić information content (AvgIpc) is 2.17. The molecule has 0 aromatic heterocycles. The summed E-state index contributed by atoms with van der Waals surface area (Å²) in [7, 11) is 0. The Morgan fingerprint density at radius 2 is 2.07 bits per heavy atom. The van der Waals surface area contributed by atoms with Gasteiger partial charge in [0.2, 0.25) is 0 Å². The monoisotopic (exact) mass is 207 g/mol. The van der Waals surface area contributed by atoms with Crippen molar-refractivity contribution >= 4 is 23.9 Å². The third-order valence-electron chi connectivity index (χ3n) is 1.65. The Morgan fingerprint density at radius 1 is 1.40 bits per heavy atom. The summed E-state index contributed by atoms with van der Waals surface area (Å²) in [6.07, 6.45) is 0.494. The largest absolute Gasteiger partial charge is 0.478 e. The standard InChI is InChI=1S/C9H9N3O3/c10-9(11)12-7-2-1-5(8(14)15)3-6(7)4-13/h1-4H,(H,14,15)(H4,10,11,12). The number of carbonyl (C=O) groups is 2. The van der Waals surface area contributed by atoms with Crippen LogP contribution in [0.1, 0.15) is 20.7 Å². The highest BCUT2D eigenvalue weighted by atomic mass is 16.4. The molecule has 0 aliphatic carbocycles. The van der Waals surface area contributed by atoms with Crippen molar-refractivity contribution in [1.82, 2.24) is 0 Å². The number of nitrogens with zero attached hydrogens (tertiary/aromatic N) is 1. The summed E-state index contributed by atoms with van der Waals surface area (Å²) >= 11 is 0. The summed E-state index contributed by atoms with van der Waals surface area (Å²) in [6.45, 7) is 0. The summed E-state index contributed by atoms with van der Waals surface area (Å²) in [5.41, 5.74) is 10.7. The molecule has 1 aromatic carbocycles. The molecule has 0 aliphatic rings. The van der Waals surface area contributed by atoms with Gasteiger partial charge in [-0.1, -0.05) is 0 Å². The van der Waals surface area contributed by atoms with Gasteiger partial charge in [-0.15, -0.1) is 0 Å². The molecule has 0 radical (unpaired) electrons. The minimum Gasteiger partial charge on any atom is -0.478 e. The minimum absolute atomic E-state index is 0.00615. The zero-order valence-electron chi connectivity index (χ0n) is 7.68. The third-order valence-corrected chi connectivity index (χ3v) is 1.65. The molecule has 78 valence electrons. The minimum atomic E-state index is -1.12. The van der Waals surface area contributed by atoms with Crippen molar-refractivity contribution in [3.63, 3.8) is 0 Å². The highest BCUT2D eigenvalue weighted by Gasteiger charge is 2.07. The van der Waals surface area contributed by atoms with Crippen LogP contribution in [0.2, 0.25) is 0 Å². The quantitative estimate of drug-likeness (QED) is 0.369. The number of benzene rings is 1. The smallest absolute Gasteiger partial charge is 0.335 e. The van der Waals surface area contributed by atoms with Crippen LogP contribution in [-0.2, 0) is 0 Å². The maximum atomic E-state index is 10.6. The molecule has 6 heteroatoms. The second-order valence-electron chi connectivity index (χ2n) is 2.73. The summed E-state index contributed by atoms with van der Waals surface area (Å²) in [4.78, 5) is 24.9. The fraction of sp³-hybridized carbons (Fsp3) is 0. The molecular formula is C9H9N3O3. The molecule has 6 nitrogen and oxygen atoms in total. The Hall–Kier alpha value is -2.37. The number of guanidine groups is 1. The van der Waals surface area contributed by atoms with E-state index in [9.17, 15) is 9.59 Å². The average molecular weight is 207 g/mol. The first kappa shape index (κ1) is 10.7. The molecule has 1 rings (SSSR count). The molecule has 0 saturated heterocycles. The van der Waals surface area contributed by atoms with Crippen LogP contribution in [-0.4, -0.2) is 23.3 Å². The van der Waals surface area contributed by atoms with Crippen LogP contribution in [0.25, 0.3) is 0 Å². The Bertz CT molecular complexity index is 436. The van der Waals surface area contributed by atoms with Crippen molar-refractivity contribution in [2.45, 2.75) is 0 Å². The highest BCUT2D eigenvalue weighted by molar-refractivity contribution is 5.93. The van der Waals surface area contributed by atoms with E-state index in [1.165, 1.54) is 18.2 Å². The maximum Gasteiger partial charge on any atom is 0.335 e. The molecule has 0 amide bonds. The van der Waals surface area contributed by atoms with Crippen LogP contribution >= 0.6 is 0 Å². The van der Waals surface area contributed by atoms with Gasteiger partial charge < -0.3 is 16.6 Å². The third kappa shape index (κ3) is 2.53. The Balaban J connectivity index is 3.27. The molecule has 15 heavy (non-hydrogen) atoms. The van der Waals surface area contributed by atoms with Crippen molar-refractivity contribution < 1.29 is 14.7 Å². The van der Waals surface area contributed by atoms with E-state index >= 15 is 0 Å². The number of rotatable bonds is 3. The predicted molar refractivity (Wildman–Crippen MR) is 54.3 cm³/mol. The van der Waals surface area contributed by atoms with Gasteiger partial charge in [-0.05, 0) is 18.2 Å². The lowest BCUT2D eigenvalue weighted by Gasteiger charge is -2.00. The van der Waals surface area contributed by atoms with Crippen LogP contribution in [0.3, 0.4) is 0 Å². The van der Waals surface area contributed by atoms with Crippen LogP contribution in [0.4, 0.5) is 5.69 Å². The number of aldehydes is 1. The maximum absolute atomic E-state index is 10.6. The Morgan fingerprint density at radius 3 is 2.53 bits per heavy atom. The SMILES string of the molecule is NC(N)=Nc1ccc(C(=O)O)cc1C=O. The molecule has 0 unspecified atom stereocenters. The van der Waals surface area contributed by atoms with E-state index < -0.39 is 5.97 Å². The zero-order chi connectivity index (χ0) is 11.4. The van der Waals surface area contributed by atoms with Gasteiger partial charge in [0.25, 0.3) is 0 Å². The molecule has 1 aromatic rings. The van der Waals surface area contributed by atoms with E-state index in [0.29, 0.717) is 6.29 Å². The lowest BCUT2D eigenvalue weighted by Crippen LogP contribution is -2.22. The lowest BCUT2D eigenvalue weighted by atomic mass is 10.1. The first-order chi connectivity index (χ1) is 7.04. The first-order valence-electron chi connectivity index (χ1n) is 3.96. The van der Waals surface area contributed by atoms with Gasteiger partial charge in [-0.3, -0.25) is 4.79 Å². The first-order valence-corrected chi connectivity index (χ1v) is 3.96. The van der Waals surface area contributed by atoms with E-state index in [2.05, 4.69) is 4.99 Å². The Kier molecular flexibility index (Phi) is 3.02. The molecule has 0 spiro atoms. The van der Waals surface area contributed by atoms with Gasteiger partial charge >= 0.3 is 5.97 Å². The van der Waals surface area contributed by atoms with Crippen LogP contribution in [0, 0.1) is 0 Å². The van der Waals surface area contributed by atoms with Crippen molar-refractivity contribution in [2.75, 3.05) is 0 Å². The molecule has 0 fully saturated rings. The fourth-order valence-electron chi connectivity index (χ4n) is 1.02. The van der Waals surface area contributed by atoms with E-state index in [1.54, 1.807) is 0 Å². The van der Waals surface area contributed by atoms with E-state index in [1.807, 2.05) is 0 Å². The topological polar surface area (TPSA) is 119 Å². The fourth-order valence-corrected chi connectivity index (χ4v) is 1.02. The van der Waals surface area contributed by atoms with E-state index in [0.717, 1.165) is 0 Å². The number of aromatic carboxylic acids is 1. The molecule has 0 bridgehead atoms. The Labute approximate surface area is 85.2 Å². The van der Waals surface area contributed by atoms with Crippen LogP contribution < -0.4 is 11.5 Å². The summed E-state index contributed by atoms with van der Waals surface area (Å²) in [5, 5.41) is 8.68. The van der Waals surface area contributed by atoms with Crippen LogP contribution in [0.15, 0.2) is 23.2 Å². The number of carboxylic acids is 1. The normalized spacial score (nSPS) is 9.33. The number of hydrogen-bond acceptors (Lipinski definition) is 3. The summed E-state index contributed by atoms with van der Waals surface area (Å²) in [6, 6.07) is 3.89. The number of hydrogen-bond donors (Lipinski definition) is 3. The summed E-state index contributed by atoms with van der Waals surface area (Å²) in [5.74, 6) is -1.31.